The number of aromatic nitrogens is 2. The molecule has 3 aromatic rings. The first-order valence-corrected chi connectivity index (χ1v) is 8.86. The molecule has 1 saturated heterocycles. The molecule has 7 heteroatoms. The summed E-state index contributed by atoms with van der Waals surface area (Å²) in [5.41, 5.74) is 8.23. The van der Waals surface area contributed by atoms with Gasteiger partial charge in [-0.1, -0.05) is 0 Å². The van der Waals surface area contributed by atoms with Crippen molar-refractivity contribution in [3.05, 3.63) is 46.8 Å². The SMILES string of the molecule is COc1cc(OC)c2c(=O)[nH]c(-c3ccc(N4CCC(N)C4)cc3)nc2c1. The van der Waals surface area contributed by atoms with E-state index in [1.54, 1.807) is 19.2 Å². The summed E-state index contributed by atoms with van der Waals surface area (Å²) in [4.78, 5) is 22.4. The monoisotopic (exact) mass is 366 g/mol. The Labute approximate surface area is 156 Å². The van der Waals surface area contributed by atoms with Crippen LogP contribution in [-0.4, -0.2) is 43.3 Å². The molecule has 0 bridgehead atoms. The first-order chi connectivity index (χ1) is 13.1. The lowest BCUT2D eigenvalue weighted by Gasteiger charge is -2.18. The largest absolute Gasteiger partial charge is 0.497 e. The molecule has 140 valence electrons. The van der Waals surface area contributed by atoms with Gasteiger partial charge in [0.25, 0.3) is 5.56 Å². The van der Waals surface area contributed by atoms with E-state index in [9.17, 15) is 4.79 Å². The van der Waals surface area contributed by atoms with Gasteiger partial charge in [0.1, 0.15) is 22.7 Å². The second kappa shape index (κ2) is 6.92. The van der Waals surface area contributed by atoms with Crippen LogP contribution in [0.3, 0.4) is 0 Å². The zero-order valence-corrected chi connectivity index (χ0v) is 15.4. The third kappa shape index (κ3) is 3.21. The van der Waals surface area contributed by atoms with E-state index in [2.05, 4.69) is 14.9 Å². The summed E-state index contributed by atoms with van der Waals surface area (Å²) in [7, 11) is 3.09. The number of rotatable bonds is 4. The Bertz CT molecular complexity index is 1030. The number of H-pyrrole nitrogens is 1. The highest BCUT2D eigenvalue weighted by Crippen LogP contribution is 2.29. The van der Waals surface area contributed by atoms with Crippen LogP contribution in [0.25, 0.3) is 22.3 Å². The molecule has 2 heterocycles. The maximum Gasteiger partial charge on any atom is 0.262 e. The number of methoxy groups -OCH3 is 2. The molecular formula is C20H22N4O3. The molecule has 4 rings (SSSR count). The van der Waals surface area contributed by atoms with Crippen molar-refractivity contribution in [1.82, 2.24) is 9.97 Å². The highest BCUT2D eigenvalue weighted by molar-refractivity contribution is 5.87. The van der Waals surface area contributed by atoms with Gasteiger partial charge in [0.05, 0.1) is 19.7 Å². The quantitative estimate of drug-likeness (QED) is 0.735. The molecule has 2 aromatic carbocycles. The molecule has 0 spiro atoms. The Morgan fingerprint density at radius 1 is 1.19 bits per heavy atom. The second-order valence-electron chi connectivity index (χ2n) is 6.68. The molecule has 1 aliphatic heterocycles. The first kappa shape index (κ1) is 17.4. The summed E-state index contributed by atoms with van der Waals surface area (Å²) in [5.74, 6) is 1.53. The first-order valence-electron chi connectivity index (χ1n) is 8.86. The molecular weight excluding hydrogens is 344 g/mol. The number of hydrogen-bond donors (Lipinski definition) is 2. The Kier molecular flexibility index (Phi) is 4.45. The van der Waals surface area contributed by atoms with Crippen LogP contribution in [-0.2, 0) is 0 Å². The highest BCUT2D eigenvalue weighted by Gasteiger charge is 2.19. The van der Waals surface area contributed by atoms with Gasteiger partial charge < -0.3 is 25.1 Å². The molecule has 1 aromatic heterocycles. The molecule has 1 atom stereocenters. The van der Waals surface area contributed by atoms with Crippen LogP contribution >= 0.6 is 0 Å². The fourth-order valence-corrected chi connectivity index (χ4v) is 3.48. The van der Waals surface area contributed by atoms with Crippen molar-refractivity contribution in [1.29, 1.82) is 0 Å². The van der Waals surface area contributed by atoms with Gasteiger partial charge in [-0.25, -0.2) is 4.98 Å². The van der Waals surface area contributed by atoms with Gasteiger partial charge in [0, 0.05) is 42.5 Å². The van der Waals surface area contributed by atoms with E-state index in [1.807, 2.05) is 24.3 Å². The van der Waals surface area contributed by atoms with Gasteiger partial charge in [-0.2, -0.15) is 0 Å². The van der Waals surface area contributed by atoms with E-state index in [0.29, 0.717) is 28.2 Å². The van der Waals surface area contributed by atoms with E-state index in [1.165, 1.54) is 7.11 Å². The third-order valence-electron chi connectivity index (χ3n) is 4.93. The number of aromatic amines is 1. The topological polar surface area (TPSA) is 93.5 Å². The summed E-state index contributed by atoms with van der Waals surface area (Å²) < 4.78 is 10.6. The number of fused-ring (bicyclic) bond motifs is 1. The Morgan fingerprint density at radius 2 is 1.96 bits per heavy atom. The summed E-state index contributed by atoms with van der Waals surface area (Å²) in [5, 5.41) is 0.407. The van der Waals surface area contributed by atoms with Crippen LogP contribution in [0.2, 0.25) is 0 Å². The van der Waals surface area contributed by atoms with E-state index >= 15 is 0 Å². The van der Waals surface area contributed by atoms with E-state index < -0.39 is 0 Å². The smallest absolute Gasteiger partial charge is 0.262 e. The minimum Gasteiger partial charge on any atom is -0.497 e. The lowest BCUT2D eigenvalue weighted by atomic mass is 10.1. The van der Waals surface area contributed by atoms with Crippen molar-refractivity contribution in [2.75, 3.05) is 32.2 Å². The van der Waals surface area contributed by atoms with Crippen molar-refractivity contribution in [3.63, 3.8) is 0 Å². The van der Waals surface area contributed by atoms with E-state index in [4.69, 9.17) is 15.2 Å². The minimum atomic E-state index is -0.246. The Balaban J connectivity index is 1.74. The molecule has 0 radical (unpaired) electrons. The highest BCUT2D eigenvalue weighted by atomic mass is 16.5. The number of nitrogens with one attached hydrogen (secondary N) is 1. The number of nitrogens with zero attached hydrogens (tertiary/aromatic N) is 2. The van der Waals surface area contributed by atoms with Gasteiger partial charge in [0.2, 0.25) is 0 Å². The summed E-state index contributed by atoms with van der Waals surface area (Å²) in [6, 6.07) is 11.6. The van der Waals surface area contributed by atoms with Gasteiger partial charge in [-0.3, -0.25) is 4.79 Å². The maximum atomic E-state index is 12.6. The number of nitrogens with two attached hydrogens (primary N) is 1. The van der Waals surface area contributed by atoms with E-state index in [0.717, 1.165) is 30.8 Å². The zero-order valence-electron chi connectivity index (χ0n) is 15.4. The molecule has 1 unspecified atom stereocenters. The number of anilines is 1. The average molecular weight is 366 g/mol. The van der Waals surface area contributed by atoms with Gasteiger partial charge in [0.15, 0.2) is 0 Å². The molecule has 0 aliphatic carbocycles. The summed E-state index contributed by atoms with van der Waals surface area (Å²) >= 11 is 0. The third-order valence-corrected chi connectivity index (χ3v) is 4.93. The predicted octanol–water partition coefficient (Wildman–Crippen LogP) is 2.14. The van der Waals surface area contributed by atoms with Crippen LogP contribution in [0.4, 0.5) is 5.69 Å². The van der Waals surface area contributed by atoms with Crippen LogP contribution in [0, 0.1) is 0 Å². The lowest BCUT2D eigenvalue weighted by Crippen LogP contribution is -2.26. The molecule has 1 aliphatic rings. The molecule has 27 heavy (non-hydrogen) atoms. The average Bonchev–Trinajstić information content (AvgIpc) is 3.13. The fraction of sp³-hybridized carbons (Fsp3) is 0.300. The van der Waals surface area contributed by atoms with Crippen molar-refractivity contribution in [2.45, 2.75) is 12.5 Å². The summed E-state index contributed by atoms with van der Waals surface area (Å²) in [6.45, 7) is 1.83. The second-order valence-corrected chi connectivity index (χ2v) is 6.68. The van der Waals surface area contributed by atoms with Crippen LogP contribution in [0.5, 0.6) is 11.5 Å². The lowest BCUT2D eigenvalue weighted by molar-refractivity contribution is 0.397. The molecule has 7 nitrogen and oxygen atoms in total. The van der Waals surface area contributed by atoms with Crippen molar-refractivity contribution in [2.24, 2.45) is 5.73 Å². The minimum absolute atomic E-state index is 0.230. The molecule has 0 amide bonds. The van der Waals surface area contributed by atoms with Crippen molar-refractivity contribution < 1.29 is 9.47 Å². The van der Waals surface area contributed by atoms with Crippen LogP contribution in [0.1, 0.15) is 6.42 Å². The van der Waals surface area contributed by atoms with Crippen molar-refractivity contribution >= 4 is 16.6 Å². The van der Waals surface area contributed by atoms with Gasteiger partial charge >= 0.3 is 0 Å². The number of hydrogen-bond acceptors (Lipinski definition) is 6. The fourth-order valence-electron chi connectivity index (χ4n) is 3.48. The molecule has 0 saturated carbocycles. The van der Waals surface area contributed by atoms with Gasteiger partial charge in [-0.15, -0.1) is 0 Å². The molecule has 3 N–H and O–H groups in total. The maximum absolute atomic E-state index is 12.6. The van der Waals surface area contributed by atoms with Crippen LogP contribution in [0.15, 0.2) is 41.2 Å². The molecule has 1 fully saturated rings. The normalized spacial score (nSPS) is 16.7. The van der Waals surface area contributed by atoms with E-state index in [-0.39, 0.29) is 11.6 Å². The zero-order chi connectivity index (χ0) is 19.0. The summed E-state index contributed by atoms with van der Waals surface area (Å²) in [6.07, 6.45) is 1.00. The Hall–Kier alpha value is -3.06. The number of ether oxygens (including phenoxy) is 2. The Morgan fingerprint density at radius 3 is 2.59 bits per heavy atom. The van der Waals surface area contributed by atoms with Crippen LogP contribution < -0.4 is 25.7 Å². The predicted molar refractivity (Wildman–Crippen MR) is 106 cm³/mol. The van der Waals surface area contributed by atoms with Crippen molar-refractivity contribution in [3.8, 4) is 22.9 Å². The van der Waals surface area contributed by atoms with Gasteiger partial charge in [-0.05, 0) is 30.7 Å². The number of benzene rings is 2. The standard InChI is InChI=1S/C20H22N4O3/c1-26-15-9-16-18(17(10-15)27-2)20(25)23-19(22-16)12-3-5-14(6-4-12)24-8-7-13(21)11-24/h3-6,9-10,13H,7-8,11,21H2,1-2H3,(H,22,23,25).